The third-order valence-corrected chi connectivity index (χ3v) is 2.52. The molecule has 0 amide bonds. The molecule has 1 heterocycles. The summed E-state index contributed by atoms with van der Waals surface area (Å²) in [4.78, 5) is 10.7. The number of carboxylic acid groups (broad SMARTS) is 1. The van der Waals surface area contributed by atoms with E-state index >= 15 is 0 Å². The minimum Gasteiger partial charge on any atom is -0.481 e. The van der Waals surface area contributed by atoms with Crippen molar-refractivity contribution >= 4 is 5.97 Å². The van der Waals surface area contributed by atoms with Crippen molar-refractivity contribution in [3.05, 3.63) is 35.0 Å². The Balaban J connectivity index is 2.49. The minimum atomic E-state index is -0.952. The molecule has 0 fully saturated rings. The van der Waals surface area contributed by atoms with Gasteiger partial charge in [0.2, 0.25) is 0 Å². The molecule has 0 aliphatic rings. The summed E-state index contributed by atoms with van der Waals surface area (Å²) < 4.78 is 4.63. The number of aliphatic carboxylic acids is 1. The maximum atomic E-state index is 10.7. The molecule has 17 heavy (non-hydrogen) atoms. The van der Waals surface area contributed by atoms with Crippen molar-refractivity contribution in [3.8, 4) is 11.3 Å². The highest BCUT2D eigenvalue weighted by atomic mass is 16.6. The molecule has 1 aromatic carbocycles. The highest BCUT2D eigenvalue weighted by Crippen LogP contribution is 2.25. The first-order chi connectivity index (χ1) is 8.08. The van der Waals surface area contributed by atoms with Crippen molar-refractivity contribution in [3.63, 3.8) is 0 Å². The van der Waals surface area contributed by atoms with Gasteiger partial charge in [0.15, 0.2) is 0 Å². The highest BCUT2D eigenvalue weighted by molar-refractivity contribution is 5.74. The maximum Gasteiger partial charge on any atom is 0.309 e. The van der Waals surface area contributed by atoms with Gasteiger partial charge in [0, 0.05) is 5.56 Å². The Kier molecular flexibility index (Phi) is 2.91. The monoisotopic (exact) mass is 232 g/mol. The SMILES string of the molecule is Cc1ccc(C)c(-c2nonc2CC(=O)O)c1. The molecule has 0 saturated heterocycles. The van der Waals surface area contributed by atoms with Gasteiger partial charge in [0.25, 0.3) is 0 Å². The zero-order valence-corrected chi connectivity index (χ0v) is 9.60. The van der Waals surface area contributed by atoms with E-state index in [2.05, 4.69) is 14.9 Å². The van der Waals surface area contributed by atoms with E-state index in [4.69, 9.17) is 5.11 Å². The molecule has 2 rings (SSSR count). The van der Waals surface area contributed by atoms with Gasteiger partial charge in [-0.05, 0) is 30.6 Å². The topological polar surface area (TPSA) is 76.2 Å². The van der Waals surface area contributed by atoms with Gasteiger partial charge in [-0.2, -0.15) is 0 Å². The Morgan fingerprint density at radius 3 is 2.82 bits per heavy atom. The van der Waals surface area contributed by atoms with E-state index in [0.29, 0.717) is 11.4 Å². The van der Waals surface area contributed by atoms with Crippen molar-refractivity contribution in [1.82, 2.24) is 10.3 Å². The van der Waals surface area contributed by atoms with Crippen LogP contribution in [-0.2, 0) is 11.2 Å². The predicted molar refractivity (Wildman–Crippen MR) is 60.5 cm³/mol. The molecule has 5 nitrogen and oxygen atoms in total. The summed E-state index contributed by atoms with van der Waals surface area (Å²) in [6.07, 6.45) is -0.188. The van der Waals surface area contributed by atoms with Crippen LogP contribution in [0.2, 0.25) is 0 Å². The van der Waals surface area contributed by atoms with Crippen LogP contribution in [0.5, 0.6) is 0 Å². The molecule has 0 radical (unpaired) electrons. The summed E-state index contributed by atoms with van der Waals surface area (Å²) >= 11 is 0. The second kappa shape index (κ2) is 4.37. The average molecular weight is 232 g/mol. The van der Waals surface area contributed by atoms with Crippen LogP contribution in [0.1, 0.15) is 16.8 Å². The van der Waals surface area contributed by atoms with Crippen LogP contribution < -0.4 is 0 Å². The maximum absolute atomic E-state index is 10.7. The third-order valence-electron chi connectivity index (χ3n) is 2.52. The van der Waals surface area contributed by atoms with E-state index < -0.39 is 5.97 Å². The molecule has 0 aliphatic heterocycles. The van der Waals surface area contributed by atoms with E-state index in [1.54, 1.807) is 0 Å². The Bertz CT molecular complexity index is 561. The molecular formula is C12H12N2O3. The lowest BCUT2D eigenvalue weighted by molar-refractivity contribution is -0.136. The molecule has 5 heteroatoms. The first-order valence-electron chi connectivity index (χ1n) is 5.19. The number of aromatic nitrogens is 2. The van der Waals surface area contributed by atoms with E-state index in [9.17, 15) is 4.79 Å². The second-order valence-corrected chi connectivity index (χ2v) is 3.95. The van der Waals surface area contributed by atoms with Crippen molar-refractivity contribution in [1.29, 1.82) is 0 Å². The van der Waals surface area contributed by atoms with Gasteiger partial charge in [-0.3, -0.25) is 4.79 Å². The Morgan fingerprint density at radius 1 is 1.35 bits per heavy atom. The summed E-state index contributed by atoms with van der Waals surface area (Å²) in [5.41, 5.74) is 3.81. The van der Waals surface area contributed by atoms with Gasteiger partial charge in [0.05, 0.1) is 6.42 Å². The fourth-order valence-corrected chi connectivity index (χ4v) is 1.66. The summed E-state index contributed by atoms with van der Waals surface area (Å²) in [7, 11) is 0. The van der Waals surface area contributed by atoms with E-state index in [-0.39, 0.29) is 6.42 Å². The van der Waals surface area contributed by atoms with Crippen molar-refractivity contribution in [2.24, 2.45) is 0 Å². The normalized spacial score (nSPS) is 10.5. The number of rotatable bonds is 3. The first kappa shape index (κ1) is 11.3. The lowest BCUT2D eigenvalue weighted by Gasteiger charge is -2.04. The zero-order chi connectivity index (χ0) is 12.4. The smallest absolute Gasteiger partial charge is 0.309 e. The van der Waals surface area contributed by atoms with Crippen LogP contribution in [0.4, 0.5) is 0 Å². The van der Waals surface area contributed by atoms with Crippen molar-refractivity contribution < 1.29 is 14.5 Å². The molecule has 0 atom stereocenters. The minimum absolute atomic E-state index is 0.188. The molecular weight excluding hydrogens is 220 g/mol. The second-order valence-electron chi connectivity index (χ2n) is 3.95. The fraction of sp³-hybridized carbons (Fsp3) is 0.250. The fourth-order valence-electron chi connectivity index (χ4n) is 1.66. The van der Waals surface area contributed by atoms with Crippen molar-refractivity contribution in [2.45, 2.75) is 20.3 Å². The van der Waals surface area contributed by atoms with E-state index in [1.807, 2.05) is 32.0 Å². The number of benzene rings is 1. The molecule has 0 spiro atoms. The molecule has 0 aliphatic carbocycles. The zero-order valence-electron chi connectivity index (χ0n) is 9.60. The molecule has 1 aromatic heterocycles. The van der Waals surface area contributed by atoms with Crippen LogP contribution in [0, 0.1) is 13.8 Å². The summed E-state index contributed by atoms with van der Waals surface area (Å²) in [6.45, 7) is 3.90. The predicted octanol–water partition coefficient (Wildman–Crippen LogP) is 1.98. The Hall–Kier alpha value is -2.17. The number of hydrogen-bond acceptors (Lipinski definition) is 4. The first-order valence-corrected chi connectivity index (χ1v) is 5.19. The van der Waals surface area contributed by atoms with Crippen LogP contribution in [0.25, 0.3) is 11.3 Å². The number of aryl methyl sites for hydroxylation is 2. The molecule has 0 saturated carbocycles. The molecule has 2 aromatic rings. The van der Waals surface area contributed by atoms with Gasteiger partial charge in [-0.25, -0.2) is 4.63 Å². The Labute approximate surface area is 98.0 Å². The van der Waals surface area contributed by atoms with Gasteiger partial charge in [0.1, 0.15) is 11.4 Å². The van der Waals surface area contributed by atoms with Crippen LogP contribution >= 0.6 is 0 Å². The van der Waals surface area contributed by atoms with E-state index in [0.717, 1.165) is 16.7 Å². The van der Waals surface area contributed by atoms with Gasteiger partial charge < -0.3 is 5.11 Å². The molecule has 0 unspecified atom stereocenters. The number of hydrogen-bond donors (Lipinski definition) is 1. The number of nitrogens with zero attached hydrogens (tertiary/aromatic N) is 2. The van der Waals surface area contributed by atoms with Crippen LogP contribution in [0.3, 0.4) is 0 Å². The lowest BCUT2D eigenvalue weighted by atomic mass is 10.0. The van der Waals surface area contributed by atoms with Crippen LogP contribution in [0.15, 0.2) is 22.8 Å². The van der Waals surface area contributed by atoms with Gasteiger partial charge in [-0.1, -0.05) is 22.9 Å². The van der Waals surface area contributed by atoms with Gasteiger partial charge >= 0.3 is 5.97 Å². The number of carboxylic acids is 1. The summed E-state index contributed by atoms with van der Waals surface area (Å²) in [6, 6.07) is 5.90. The average Bonchev–Trinajstić information content (AvgIpc) is 2.69. The molecule has 0 bridgehead atoms. The van der Waals surface area contributed by atoms with Crippen molar-refractivity contribution in [2.75, 3.05) is 0 Å². The van der Waals surface area contributed by atoms with E-state index in [1.165, 1.54) is 0 Å². The third kappa shape index (κ3) is 2.33. The largest absolute Gasteiger partial charge is 0.481 e. The molecule has 88 valence electrons. The summed E-state index contributed by atoms with van der Waals surface area (Å²) in [5, 5.41) is 16.2. The highest BCUT2D eigenvalue weighted by Gasteiger charge is 2.16. The van der Waals surface area contributed by atoms with Gasteiger partial charge in [-0.15, -0.1) is 0 Å². The number of carbonyl (C=O) groups is 1. The van der Waals surface area contributed by atoms with Crippen LogP contribution in [-0.4, -0.2) is 21.4 Å². The Morgan fingerprint density at radius 2 is 2.12 bits per heavy atom. The quantitative estimate of drug-likeness (QED) is 0.875. The molecule has 1 N–H and O–H groups in total. The lowest BCUT2D eigenvalue weighted by Crippen LogP contribution is -2.02. The standard InChI is InChI=1S/C12H12N2O3/c1-7-3-4-8(2)9(5-7)12-10(6-11(15)16)13-17-14-12/h3-5H,6H2,1-2H3,(H,15,16). The summed E-state index contributed by atoms with van der Waals surface area (Å²) in [5.74, 6) is -0.952.